The number of carbonyl (C=O) groups excluding carboxylic acids is 2. The van der Waals surface area contributed by atoms with Gasteiger partial charge in [-0.15, -0.1) is 0 Å². The molecule has 0 fully saturated rings. The van der Waals surface area contributed by atoms with Crippen molar-refractivity contribution >= 4 is 29.2 Å². The van der Waals surface area contributed by atoms with E-state index < -0.39 is 18.0 Å². The van der Waals surface area contributed by atoms with Gasteiger partial charge in [0.05, 0.1) is 32.1 Å². The van der Waals surface area contributed by atoms with Crippen LogP contribution in [0, 0.1) is 13.8 Å². The number of benzene rings is 2. The van der Waals surface area contributed by atoms with Crippen molar-refractivity contribution in [2.45, 2.75) is 33.4 Å². The van der Waals surface area contributed by atoms with Crippen molar-refractivity contribution in [3.05, 3.63) is 70.0 Å². The number of aromatic nitrogens is 2. The maximum atomic E-state index is 12.8. The molecule has 0 aliphatic carbocycles. The summed E-state index contributed by atoms with van der Waals surface area (Å²) in [4.78, 5) is 25.5. The van der Waals surface area contributed by atoms with E-state index in [-0.39, 0.29) is 10.7 Å². The quantitative estimate of drug-likeness (QED) is 0.489. The van der Waals surface area contributed by atoms with Crippen molar-refractivity contribution in [2.24, 2.45) is 0 Å². The Kier molecular flexibility index (Phi) is 7.60. The second-order valence-corrected chi connectivity index (χ2v) is 7.86. The Labute approximate surface area is 197 Å². The zero-order chi connectivity index (χ0) is 24.1. The SMILES string of the molecule is COc1ccc(OC)c(NC(=O)C(C)OC(=O)c2c(C)nn(Cc3ccc(C)cc3)c2Cl)c1. The van der Waals surface area contributed by atoms with Gasteiger partial charge in [-0.05, 0) is 38.5 Å². The molecule has 0 spiro atoms. The minimum Gasteiger partial charge on any atom is -0.497 e. The Morgan fingerprint density at radius 1 is 1.09 bits per heavy atom. The smallest absolute Gasteiger partial charge is 0.343 e. The van der Waals surface area contributed by atoms with Crippen LogP contribution in [-0.4, -0.2) is 42.0 Å². The van der Waals surface area contributed by atoms with Crippen LogP contribution >= 0.6 is 11.6 Å². The second-order valence-electron chi connectivity index (χ2n) is 7.50. The number of anilines is 1. The van der Waals surface area contributed by atoms with E-state index in [1.54, 1.807) is 25.1 Å². The summed E-state index contributed by atoms with van der Waals surface area (Å²) in [5.74, 6) is -0.276. The highest BCUT2D eigenvalue weighted by Crippen LogP contribution is 2.29. The topological polar surface area (TPSA) is 91.7 Å². The van der Waals surface area contributed by atoms with Crippen molar-refractivity contribution < 1.29 is 23.8 Å². The third-order valence-electron chi connectivity index (χ3n) is 5.04. The second kappa shape index (κ2) is 10.4. The lowest BCUT2D eigenvalue weighted by atomic mass is 10.1. The van der Waals surface area contributed by atoms with Crippen molar-refractivity contribution in [1.29, 1.82) is 0 Å². The summed E-state index contributed by atoms with van der Waals surface area (Å²) >= 11 is 6.44. The number of ether oxygens (including phenoxy) is 3. The number of methoxy groups -OCH3 is 2. The van der Waals surface area contributed by atoms with Gasteiger partial charge in [-0.25, -0.2) is 9.48 Å². The molecule has 1 unspecified atom stereocenters. The molecule has 0 saturated heterocycles. The van der Waals surface area contributed by atoms with Crippen molar-refractivity contribution in [1.82, 2.24) is 9.78 Å². The highest BCUT2D eigenvalue weighted by atomic mass is 35.5. The molecule has 174 valence electrons. The predicted molar refractivity (Wildman–Crippen MR) is 125 cm³/mol. The number of hydrogen-bond acceptors (Lipinski definition) is 6. The van der Waals surface area contributed by atoms with Gasteiger partial charge in [-0.3, -0.25) is 4.79 Å². The van der Waals surface area contributed by atoms with Crippen molar-refractivity contribution in [3.8, 4) is 11.5 Å². The fraction of sp³-hybridized carbons (Fsp3) is 0.292. The lowest BCUT2D eigenvalue weighted by molar-refractivity contribution is -0.123. The fourth-order valence-electron chi connectivity index (χ4n) is 3.18. The van der Waals surface area contributed by atoms with Gasteiger partial charge in [0.1, 0.15) is 22.2 Å². The lowest BCUT2D eigenvalue weighted by Gasteiger charge is -2.16. The molecule has 3 rings (SSSR count). The van der Waals surface area contributed by atoms with Crippen LogP contribution in [0.1, 0.15) is 34.1 Å². The molecule has 1 N–H and O–H groups in total. The molecule has 8 nitrogen and oxygen atoms in total. The average Bonchev–Trinajstić information content (AvgIpc) is 3.07. The molecule has 2 aromatic carbocycles. The van der Waals surface area contributed by atoms with E-state index in [0.717, 1.165) is 11.1 Å². The van der Waals surface area contributed by atoms with Crippen molar-refractivity contribution in [2.75, 3.05) is 19.5 Å². The van der Waals surface area contributed by atoms with Crippen LogP contribution < -0.4 is 14.8 Å². The first-order valence-electron chi connectivity index (χ1n) is 10.3. The summed E-state index contributed by atoms with van der Waals surface area (Å²) < 4.78 is 17.4. The van der Waals surface area contributed by atoms with E-state index in [2.05, 4.69) is 10.4 Å². The van der Waals surface area contributed by atoms with Crippen molar-refractivity contribution in [3.63, 3.8) is 0 Å². The molecule has 0 saturated carbocycles. The van der Waals surface area contributed by atoms with E-state index in [1.807, 2.05) is 31.2 Å². The molecule has 0 aliphatic rings. The van der Waals surface area contributed by atoms with Crippen LogP contribution in [0.3, 0.4) is 0 Å². The van der Waals surface area contributed by atoms with Crippen LogP contribution in [0.4, 0.5) is 5.69 Å². The molecule has 1 atom stereocenters. The standard InChI is InChI=1S/C24H26ClN3O5/c1-14-6-8-17(9-7-14)13-28-22(25)21(15(2)27-28)24(30)33-16(3)23(29)26-19-12-18(31-4)10-11-20(19)32-5/h6-12,16H,13H2,1-5H3,(H,26,29). The first kappa shape index (κ1) is 24.1. The number of halogens is 1. The number of carbonyl (C=O) groups is 2. The van der Waals surface area contributed by atoms with E-state index >= 15 is 0 Å². The maximum absolute atomic E-state index is 12.8. The summed E-state index contributed by atoms with van der Waals surface area (Å²) in [5, 5.41) is 7.21. The highest BCUT2D eigenvalue weighted by molar-refractivity contribution is 6.32. The van der Waals surface area contributed by atoms with Gasteiger partial charge in [0.25, 0.3) is 5.91 Å². The van der Waals surface area contributed by atoms with Crippen LogP contribution in [0.25, 0.3) is 0 Å². The van der Waals surface area contributed by atoms with E-state index in [1.165, 1.54) is 25.8 Å². The molecule has 0 aliphatic heterocycles. The van der Waals surface area contributed by atoms with E-state index in [0.29, 0.717) is 29.4 Å². The Morgan fingerprint density at radius 3 is 2.42 bits per heavy atom. The first-order chi connectivity index (χ1) is 15.7. The van der Waals surface area contributed by atoms with E-state index in [4.69, 9.17) is 25.8 Å². The molecule has 1 heterocycles. The van der Waals surface area contributed by atoms with Gasteiger partial charge in [-0.1, -0.05) is 41.4 Å². The number of aryl methyl sites for hydroxylation is 2. The molecular formula is C24H26ClN3O5. The summed E-state index contributed by atoms with van der Waals surface area (Å²) in [6, 6.07) is 12.9. The minimum absolute atomic E-state index is 0.127. The van der Waals surface area contributed by atoms with Gasteiger partial charge in [0.2, 0.25) is 0 Å². The Morgan fingerprint density at radius 2 is 1.79 bits per heavy atom. The maximum Gasteiger partial charge on any atom is 0.343 e. The molecular weight excluding hydrogens is 446 g/mol. The number of hydrogen-bond donors (Lipinski definition) is 1. The summed E-state index contributed by atoms with van der Waals surface area (Å²) in [6.45, 7) is 5.54. The monoisotopic (exact) mass is 471 g/mol. The Balaban J connectivity index is 1.71. The molecule has 1 aromatic heterocycles. The largest absolute Gasteiger partial charge is 0.497 e. The molecule has 0 bridgehead atoms. The molecule has 1 amide bonds. The minimum atomic E-state index is -1.09. The van der Waals surface area contributed by atoms with Gasteiger partial charge >= 0.3 is 5.97 Å². The predicted octanol–water partition coefficient (Wildman–Crippen LogP) is 4.40. The van der Waals surface area contributed by atoms with Crippen LogP contribution in [0.2, 0.25) is 5.15 Å². The summed E-state index contributed by atoms with van der Waals surface area (Å²) in [6.07, 6.45) is -1.09. The molecule has 0 radical (unpaired) electrons. The third kappa shape index (κ3) is 5.64. The number of nitrogens with zero attached hydrogens (tertiary/aromatic N) is 2. The zero-order valence-electron chi connectivity index (χ0n) is 19.1. The number of nitrogens with one attached hydrogen (secondary N) is 1. The average molecular weight is 472 g/mol. The normalized spacial score (nSPS) is 11.6. The molecule has 3 aromatic rings. The Hall–Kier alpha value is -3.52. The van der Waals surface area contributed by atoms with Gasteiger partial charge < -0.3 is 19.5 Å². The fourth-order valence-corrected chi connectivity index (χ4v) is 3.49. The van der Waals surface area contributed by atoms with E-state index in [9.17, 15) is 9.59 Å². The summed E-state index contributed by atoms with van der Waals surface area (Å²) in [7, 11) is 3.00. The number of esters is 1. The molecule has 33 heavy (non-hydrogen) atoms. The number of amides is 1. The Bertz CT molecular complexity index is 1160. The van der Waals surface area contributed by atoms with Crippen LogP contribution in [0.15, 0.2) is 42.5 Å². The zero-order valence-corrected chi connectivity index (χ0v) is 19.9. The van der Waals surface area contributed by atoms with Gasteiger partial charge in [-0.2, -0.15) is 5.10 Å². The highest BCUT2D eigenvalue weighted by Gasteiger charge is 2.26. The van der Waals surface area contributed by atoms with Crippen LogP contribution in [-0.2, 0) is 16.1 Å². The van der Waals surface area contributed by atoms with Crippen LogP contribution in [0.5, 0.6) is 11.5 Å². The lowest BCUT2D eigenvalue weighted by Crippen LogP contribution is -2.30. The first-order valence-corrected chi connectivity index (χ1v) is 10.6. The molecule has 9 heteroatoms. The summed E-state index contributed by atoms with van der Waals surface area (Å²) in [5.41, 5.74) is 3.07. The van der Waals surface area contributed by atoms with Gasteiger partial charge in [0, 0.05) is 6.07 Å². The van der Waals surface area contributed by atoms with Gasteiger partial charge in [0.15, 0.2) is 6.10 Å². The number of rotatable bonds is 8. The third-order valence-corrected chi connectivity index (χ3v) is 5.42.